The van der Waals surface area contributed by atoms with Crippen molar-refractivity contribution in [3.05, 3.63) is 0 Å². The Bertz CT molecular complexity index is 201. The van der Waals surface area contributed by atoms with E-state index in [-0.39, 0.29) is 5.97 Å². The lowest BCUT2D eigenvalue weighted by Crippen LogP contribution is -2.39. The first-order valence-electron chi connectivity index (χ1n) is 6.27. The third kappa shape index (κ3) is 5.47. The molecule has 1 aliphatic heterocycles. The molecule has 0 amide bonds. The molecular weight excluding hydrogens is 204 g/mol. The van der Waals surface area contributed by atoms with Crippen LogP contribution in [0.2, 0.25) is 0 Å². The Labute approximate surface area is 98.1 Å². The molecular formula is C12H24N2O2. The van der Waals surface area contributed by atoms with Crippen LogP contribution in [-0.4, -0.2) is 43.7 Å². The Morgan fingerprint density at radius 3 is 2.62 bits per heavy atom. The smallest absolute Gasteiger partial charge is 0.305 e. The molecule has 1 fully saturated rings. The molecule has 0 aromatic carbocycles. The number of unbranched alkanes of at least 4 members (excludes halogenated alkanes) is 2. The van der Waals surface area contributed by atoms with Crippen LogP contribution in [0.5, 0.6) is 0 Å². The van der Waals surface area contributed by atoms with Gasteiger partial charge >= 0.3 is 5.97 Å². The van der Waals surface area contributed by atoms with Gasteiger partial charge in [-0.3, -0.25) is 4.79 Å². The molecule has 0 saturated carbocycles. The zero-order chi connectivity index (χ0) is 11.8. The average Bonchev–Trinajstić information content (AvgIpc) is 2.31. The minimum absolute atomic E-state index is 0.0936. The molecule has 0 aliphatic carbocycles. The van der Waals surface area contributed by atoms with E-state index >= 15 is 0 Å². The Morgan fingerprint density at radius 1 is 1.31 bits per heavy atom. The number of likely N-dealkylation sites (tertiary alicyclic amines) is 1. The molecule has 16 heavy (non-hydrogen) atoms. The Morgan fingerprint density at radius 2 is 2.00 bits per heavy atom. The van der Waals surface area contributed by atoms with Gasteiger partial charge in [-0.1, -0.05) is 6.42 Å². The van der Waals surface area contributed by atoms with Gasteiger partial charge in [0.05, 0.1) is 7.11 Å². The van der Waals surface area contributed by atoms with Gasteiger partial charge in [0, 0.05) is 12.5 Å². The molecule has 2 N–H and O–H groups in total. The molecule has 0 atom stereocenters. The Kier molecular flexibility index (Phi) is 6.42. The molecule has 1 heterocycles. The molecule has 0 unspecified atom stereocenters. The van der Waals surface area contributed by atoms with Crippen LogP contribution < -0.4 is 5.73 Å². The molecule has 1 rings (SSSR count). The normalized spacial score (nSPS) is 18.6. The number of ether oxygens (including phenoxy) is 1. The molecule has 4 heteroatoms. The maximum Gasteiger partial charge on any atom is 0.305 e. The fourth-order valence-electron chi connectivity index (χ4n) is 2.06. The highest BCUT2D eigenvalue weighted by molar-refractivity contribution is 5.68. The molecule has 94 valence electrons. The number of nitrogens with two attached hydrogens (primary N) is 1. The van der Waals surface area contributed by atoms with Crippen LogP contribution in [0.1, 0.15) is 38.5 Å². The molecule has 0 aromatic heterocycles. The molecule has 0 radical (unpaired) electrons. The van der Waals surface area contributed by atoms with Crippen LogP contribution >= 0.6 is 0 Å². The predicted molar refractivity (Wildman–Crippen MR) is 64.1 cm³/mol. The fraction of sp³-hybridized carbons (Fsp3) is 0.917. The van der Waals surface area contributed by atoms with Crippen LogP contribution in [0.3, 0.4) is 0 Å². The van der Waals surface area contributed by atoms with Crippen molar-refractivity contribution in [1.29, 1.82) is 0 Å². The Balaban J connectivity index is 1.93. The summed E-state index contributed by atoms with van der Waals surface area (Å²) in [7, 11) is 1.44. The van der Waals surface area contributed by atoms with E-state index in [0.29, 0.717) is 12.5 Å². The van der Waals surface area contributed by atoms with Crippen LogP contribution in [0.15, 0.2) is 0 Å². The lowest BCUT2D eigenvalue weighted by Gasteiger charge is -2.29. The number of esters is 1. The average molecular weight is 228 g/mol. The van der Waals surface area contributed by atoms with Crippen LogP contribution in [-0.2, 0) is 9.53 Å². The largest absolute Gasteiger partial charge is 0.469 e. The summed E-state index contributed by atoms with van der Waals surface area (Å²) in [6.07, 6.45) is 6.04. The lowest BCUT2D eigenvalue weighted by molar-refractivity contribution is -0.140. The summed E-state index contributed by atoms with van der Waals surface area (Å²) < 4.78 is 4.60. The highest BCUT2D eigenvalue weighted by Gasteiger charge is 2.14. The van der Waals surface area contributed by atoms with Gasteiger partial charge in [0.2, 0.25) is 0 Å². The van der Waals surface area contributed by atoms with Crippen molar-refractivity contribution < 1.29 is 9.53 Å². The maximum absolute atomic E-state index is 10.9. The topological polar surface area (TPSA) is 55.6 Å². The van der Waals surface area contributed by atoms with Gasteiger partial charge in [-0.15, -0.1) is 0 Å². The summed E-state index contributed by atoms with van der Waals surface area (Å²) in [6, 6.07) is 0.413. The third-order valence-electron chi connectivity index (χ3n) is 3.22. The Hall–Kier alpha value is -0.610. The van der Waals surface area contributed by atoms with Crippen LogP contribution in [0.4, 0.5) is 0 Å². The van der Waals surface area contributed by atoms with Crippen molar-refractivity contribution in [2.75, 3.05) is 26.7 Å². The van der Waals surface area contributed by atoms with Gasteiger partial charge in [0.15, 0.2) is 0 Å². The van der Waals surface area contributed by atoms with E-state index in [1.165, 1.54) is 13.5 Å². The molecule has 1 aliphatic rings. The number of methoxy groups -OCH3 is 1. The van der Waals surface area contributed by atoms with E-state index in [2.05, 4.69) is 9.64 Å². The minimum Gasteiger partial charge on any atom is -0.469 e. The van der Waals surface area contributed by atoms with Gasteiger partial charge in [0.1, 0.15) is 0 Å². The maximum atomic E-state index is 10.9. The molecule has 0 spiro atoms. The van der Waals surface area contributed by atoms with Crippen molar-refractivity contribution in [3.8, 4) is 0 Å². The molecule has 0 bridgehead atoms. The first kappa shape index (κ1) is 13.5. The summed E-state index contributed by atoms with van der Waals surface area (Å²) in [5.74, 6) is -0.0936. The predicted octanol–water partition coefficient (Wildman–Crippen LogP) is 1.14. The molecule has 1 saturated heterocycles. The van der Waals surface area contributed by atoms with Gasteiger partial charge in [-0.2, -0.15) is 0 Å². The number of carbonyl (C=O) groups excluding carboxylic acids is 1. The summed E-state index contributed by atoms with van der Waals surface area (Å²) in [4.78, 5) is 13.3. The molecule has 4 nitrogen and oxygen atoms in total. The number of hydrogen-bond acceptors (Lipinski definition) is 4. The first-order valence-corrected chi connectivity index (χ1v) is 6.27. The SMILES string of the molecule is COC(=O)CCCCCN1CCC(N)CC1. The second-order valence-corrected chi connectivity index (χ2v) is 4.57. The summed E-state index contributed by atoms with van der Waals surface area (Å²) >= 11 is 0. The number of nitrogens with zero attached hydrogens (tertiary/aromatic N) is 1. The zero-order valence-corrected chi connectivity index (χ0v) is 10.3. The van der Waals surface area contributed by atoms with E-state index in [4.69, 9.17) is 5.73 Å². The minimum atomic E-state index is -0.0936. The van der Waals surface area contributed by atoms with E-state index in [0.717, 1.165) is 45.3 Å². The van der Waals surface area contributed by atoms with E-state index < -0.39 is 0 Å². The van der Waals surface area contributed by atoms with Crippen molar-refractivity contribution in [2.45, 2.75) is 44.6 Å². The standard InChI is InChI=1S/C12H24N2O2/c1-16-12(15)5-3-2-4-8-14-9-6-11(13)7-10-14/h11H,2-10,13H2,1H3. The second-order valence-electron chi connectivity index (χ2n) is 4.57. The third-order valence-corrected chi connectivity index (χ3v) is 3.22. The van der Waals surface area contributed by atoms with Crippen molar-refractivity contribution in [2.24, 2.45) is 5.73 Å². The van der Waals surface area contributed by atoms with E-state index in [1.54, 1.807) is 0 Å². The van der Waals surface area contributed by atoms with E-state index in [9.17, 15) is 4.79 Å². The van der Waals surface area contributed by atoms with Gasteiger partial charge < -0.3 is 15.4 Å². The quantitative estimate of drug-likeness (QED) is 0.547. The molecule has 0 aromatic rings. The number of rotatable bonds is 6. The van der Waals surface area contributed by atoms with Crippen LogP contribution in [0.25, 0.3) is 0 Å². The monoisotopic (exact) mass is 228 g/mol. The lowest BCUT2D eigenvalue weighted by atomic mass is 10.1. The fourth-order valence-corrected chi connectivity index (χ4v) is 2.06. The highest BCUT2D eigenvalue weighted by atomic mass is 16.5. The van der Waals surface area contributed by atoms with Gasteiger partial charge in [0.25, 0.3) is 0 Å². The summed E-state index contributed by atoms with van der Waals surface area (Å²) in [5, 5.41) is 0. The summed E-state index contributed by atoms with van der Waals surface area (Å²) in [5.41, 5.74) is 5.84. The van der Waals surface area contributed by atoms with E-state index in [1.807, 2.05) is 0 Å². The van der Waals surface area contributed by atoms with Crippen molar-refractivity contribution in [3.63, 3.8) is 0 Å². The van der Waals surface area contributed by atoms with Gasteiger partial charge in [-0.25, -0.2) is 0 Å². The highest BCUT2D eigenvalue weighted by Crippen LogP contribution is 2.10. The number of hydrogen-bond donors (Lipinski definition) is 1. The number of carbonyl (C=O) groups is 1. The van der Waals surface area contributed by atoms with Crippen LogP contribution in [0, 0.1) is 0 Å². The first-order chi connectivity index (χ1) is 7.72. The summed E-state index contributed by atoms with van der Waals surface area (Å²) in [6.45, 7) is 3.42. The van der Waals surface area contributed by atoms with Gasteiger partial charge in [-0.05, 0) is 45.3 Å². The second kappa shape index (κ2) is 7.63. The number of piperidine rings is 1. The zero-order valence-electron chi connectivity index (χ0n) is 10.3. The van der Waals surface area contributed by atoms with Crippen molar-refractivity contribution >= 4 is 5.97 Å². The van der Waals surface area contributed by atoms with Crippen molar-refractivity contribution in [1.82, 2.24) is 4.90 Å².